The molecule has 0 spiro atoms. The van der Waals surface area contributed by atoms with Crippen LogP contribution < -0.4 is 15.1 Å². The molecule has 1 fully saturated rings. The van der Waals surface area contributed by atoms with E-state index in [-0.39, 0.29) is 24.4 Å². The third kappa shape index (κ3) is 5.52. The third-order valence-electron chi connectivity index (χ3n) is 5.67. The molecule has 0 bridgehead atoms. The molecule has 6 nitrogen and oxygen atoms in total. The minimum Gasteiger partial charge on any atom is -0.359 e. The van der Waals surface area contributed by atoms with Crippen molar-refractivity contribution in [1.29, 1.82) is 0 Å². The van der Waals surface area contributed by atoms with Crippen molar-refractivity contribution < 1.29 is 14.5 Å². The summed E-state index contributed by atoms with van der Waals surface area (Å²) in [7, 11) is 1.69. The number of nitrogens with zero attached hydrogens (tertiary/aromatic N) is 2. The van der Waals surface area contributed by atoms with Gasteiger partial charge in [-0.15, -0.1) is 0 Å². The molecule has 3 rings (SSSR count). The summed E-state index contributed by atoms with van der Waals surface area (Å²) >= 11 is 6.32. The fourth-order valence-electron chi connectivity index (χ4n) is 3.81. The van der Waals surface area contributed by atoms with Crippen LogP contribution in [-0.2, 0) is 9.59 Å². The summed E-state index contributed by atoms with van der Waals surface area (Å²) in [6.07, 6.45) is 0. The lowest BCUT2D eigenvalue weighted by Gasteiger charge is -2.37. The number of hydrogen-bond acceptors (Lipinski definition) is 3. The van der Waals surface area contributed by atoms with Crippen molar-refractivity contribution in [2.45, 2.75) is 19.9 Å². The van der Waals surface area contributed by atoms with Crippen molar-refractivity contribution in [3.8, 4) is 0 Å². The molecule has 1 heterocycles. The zero-order chi connectivity index (χ0) is 21.7. The zero-order valence-corrected chi connectivity index (χ0v) is 18.6. The highest BCUT2D eigenvalue weighted by atomic mass is 35.5. The Balaban J connectivity index is 1.49. The Morgan fingerprint density at radius 1 is 1.13 bits per heavy atom. The molecule has 160 valence electrons. The first-order chi connectivity index (χ1) is 14.3. The molecular weight excluding hydrogens is 400 g/mol. The molecule has 0 aromatic heterocycles. The van der Waals surface area contributed by atoms with Crippen molar-refractivity contribution in [3.63, 3.8) is 0 Å². The smallest absolute Gasteiger partial charge is 0.280 e. The second-order valence-electron chi connectivity index (χ2n) is 7.93. The Morgan fingerprint density at radius 3 is 2.40 bits per heavy atom. The highest BCUT2D eigenvalue weighted by molar-refractivity contribution is 6.33. The monoisotopic (exact) mass is 429 g/mol. The molecule has 0 unspecified atom stereocenters. The number of amides is 2. The molecule has 1 saturated heterocycles. The number of para-hydroxylation sites is 1. The molecular formula is C23H30ClN4O2+. The normalized spacial score (nSPS) is 15.5. The quantitative estimate of drug-likeness (QED) is 0.736. The Labute approximate surface area is 183 Å². The van der Waals surface area contributed by atoms with Gasteiger partial charge in [-0.1, -0.05) is 41.4 Å². The van der Waals surface area contributed by atoms with Gasteiger partial charge in [0.2, 0.25) is 5.91 Å². The summed E-state index contributed by atoms with van der Waals surface area (Å²) in [6.45, 7) is 7.36. The van der Waals surface area contributed by atoms with E-state index in [2.05, 4.69) is 10.2 Å². The lowest BCUT2D eigenvalue weighted by Crippen LogP contribution is -3.19. The van der Waals surface area contributed by atoms with E-state index >= 15 is 0 Å². The first kappa shape index (κ1) is 22.1. The second-order valence-corrected chi connectivity index (χ2v) is 8.33. The number of anilines is 2. The van der Waals surface area contributed by atoms with Crippen LogP contribution in [0.3, 0.4) is 0 Å². The van der Waals surface area contributed by atoms with E-state index < -0.39 is 0 Å². The minimum absolute atomic E-state index is 0.0183. The van der Waals surface area contributed by atoms with Crippen LogP contribution in [-0.4, -0.2) is 62.5 Å². The molecule has 2 amide bonds. The topological polar surface area (TPSA) is 57.1 Å². The molecule has 0 radical (unpaired) electrons. The van der Waals surface area contributed by atoms with Gasteiger partial charge in [-0.05, 0) is 38.1 Å². The number of benzene rings is 2. The van der Waals surface area contributed by atoms with Crippen molar-refractivity contribution in [1.82, 2.24) is 4.90 Å². The number of quaternary nitrogens is 1. The lowest BCUT2D eigenvalue weighted by molar-refractivity contribution is -0.915. The Hall–Kier alpha value is -2.57. The number of rotatable bonds is 6. The van der Waals surface area contributed by atoms with Crippen LogP contribution in [0.15, 0.2) is 48.5 Å². The van der Waals surface area contributed by atoms with Crippen molar-refractivity contribution in [2.75, 3.05) is 50.0 Å². The van der Waals surface area contributed by atoms with Crippen LogP contribution in [0.4, 0.5) is 11.4 Å². The summed E-state index contributed by atoms with van der Waals surface area (Å²) in [5.41, 5.74) is 2.91. The van der Waals surface area contributed by atoms with Crippen molar-refractivity contribution >= 4 is 34.8 Å². The molecule has 7 heteroatoms. The first-order valence-corrected chi connectivity index (χ1v) is 10.7. The summed E-state index contributed by atoms with van der Waals surface area (Å²) in [5.74, 6) is -0.212. The van der Waals surface area contributed by atoms with Crippen LogP contribution in [0.5, 0.6) is 0 Å². The Kier molecular flexibility index (Phi) is 7.34. The first-order valence-electron chi connectivity index (χ1n) is 10.3. The van der Waals surface area contributed by atoms with Gasteiger partial charge in [0.15, 0.2) is 6.04 Å². The fourth-order valence-corrected chi connectivity index (χ4v) is 4.07. The van der Waals surface area contributed by atoms with Gasteiger partial charge in [-0.25, -0.2) is 0 Å². The lowest BCUT2D eigenvalue weighted by atomic mass is 10.2. The van der Waals surface area contributed by atoms with E-state index in [0.717, 1.165) is 48.1 Å². The second kappa shape index (κ2) is 9.96. The number of carbonyl (C=O) groups excluding carboxylic acids is 2. The van der Waals surface area contributed by atoms with E-state index in [0.29, 0.717) is 0 Å². The average molecular weight is 430 g/mol. The number of nitrogens with one attached hydrogen (secondary N) is 2. The zero-order valence-electron chi connectivity index (χ0n) is 17.8. The highest BCUT2D eigenvalue weighted by Crippen LogP contribution is 2.24. The number of carbonyl (C=O) groups is 2. The summed E-state index contributed by atoms with van der Waals surface area (Å²) < 4.78 is 0. The van der Waals surface area contributed by atoms with Gasteiger partial charge in [-0.2, -0.15) is 0 Å². The maximum absolute atomic E-state index is 12.9. The number of piperazine rings is 1. The Morgan fingerprint density at radius 2 is 1.77 bits per heavy atom. The predicted octanol–water partition coefficient (Wildman–Crippen LogP) is 1.84. The van der Waals surface area contributed by atoms with Crippen LogP contribution >= 0.6 is 11.6 Å². The minimum atomic E-state index is -0.199. The largest absolute Gasteiger partial charge is 0.359 e. The van der Waals surface area contributed by atoms with Gasteiger partial charge in [0.1, 0.15) is 0 Å². The summed E-state index contributed by atoms with van der Waals surface area (Å²) in [6, 6.07) is 15.3. The molecule has 1 aliphatic rings. The van der Waals surface area contributed by atoms with Gasteiger partial charge in [-0.3, -0.25) is 9.59 Å². The van der Waals surface area contributed by atoms with Gasteiger partial charge in [0, 0.05) is 12.7 Å². The molecule has 2 aromatic rings. The van der Waals surface area contributed by atoms with Crippen LogP contribution in [0, 0.1) is 6.92 Å². The molecule has 30 heavy (non-hydrogen) atoms. The maximum atomic E-state index is 12.9. The van der Waals surface area contributed by atoms with Crippen LogP contribution in [0.1, 0.15) is 12.5 Å². The summed E-state index contributed by atoms with van der Waals surface area (Å²) in [4.78, 5) is 30.2. The van der Waals surface area contributed by atoms with Crippen LogP contribution in [0.2, 0.25) is 5.02 Å². The maximum Gasteiger partial charge on any atom is 0.280 e. The van der Waals surface area contributed by atoms with Crippen molar-refractivity contribution in [3.05, 3.63) is 59.1 Å². The van der Waals surface area contributed by atoms with E-state index in [1.807, 2.05) is 62.4 Å². The third-order valence-corrected chi connectivity index (χ3v) is 5.99. The Bertz CT molecular complexity index is 879. The molecule has 1 aliphatic heterocycles. The highest BCUT2D eigenvalue weighted by Gasteiger charge is 2.32. The molecule has 2 aromatic carbocycles. The SMILES string of the molecule is Cc1ccc(NC(=O)CN(C)C(=O)[C@@H](C)[NH+]2CCN(c3ccccc3Cl)CC2)cc1. The van der Waals surface area contributed by atoms with Gasteiger partial charge < -0.3 is 20.0 Å². The van der Waals surface area contributed by atoms with E-state index in [4.69, 9.17) is 11.6 Å². The molecule has 1 atom stereocenters. The van der Waals surface area contributed by atoms with E-state index in [9.17, 15) is 9.59 Å². The molecule has 0 saturated carbocycles. The average Bonchev–Trinajstić information content (AvgIpc) is 2.74. The standard InChI is InChI=1S/C23H29ClN4O2/c1-17-8-10-19(11-9-17)25-22(29)16-26(3)23(30)18(2)27-12-14-28(15-13-27)21-7-5-4-6-20(21)24/h4-11,18H,12-16H2,1-3H3,(H,25,29)/p+1/t18-/m1/s1. The van der Waals surface area contributed by atoms with Crippen LogP contribution in [0.25, 0.3) is 0 Å². The predicted molar refractivity (Wildman–Crippen MR) is 121 cm³/mol. The van der Waals surface area contributed by atoms with E-state index in [1.54, 1.807) is 7.05 Å². The fraction of sp³-hybridized carbons (Fsp3) is 0.391. The molecule has 2 N–H and O–H groups in total. The number of likely N-dealkylation sites (N-methyl/N-ethyl adjacent to an activating group) is 1. The van der Waals surface area contributed by atoms with E-state index in [1.165, 1.54) is 9.80 Å². The number of hydrogen-bond donors (Lipinski definition) is 2. The number of halogens is 1. The van der Waals surface area contributed by atoms with Crippen molar-refractivity contribution in [2.24, 2.45) is 0 Å². The van der Waals surface area contributed by atoms with Gasteiger partial charge >= 0.3 is 0 Å². The summed E-state index contributed by atoms with van der Waals surface area (Å²) in [5, 5.41) is 3.60. The van der Waals surface area contributed by atoms with Gasteiger partial charge in [0.25, 0.3) is 5.91 Å². The number of aryl methyl sites for hydroxylation is 1. The molecule has 0 aliphatic carbocycles. The van der Waals surface area contributed by atoms with Gasteiger partial charge in [0.05, 0.1) is 43.4 Å².